The summed E-state index contributed by atoms with van der Waals surface area (Å²) in [4.78, 5) is 38.3. The zero-order valence-corrected chi connectivity index (χ0v) is 29.6. The van der Waals surface area contributed by atoms with Crippen LogP contribution in [0.5, 0.6) is 0 Å². The van der Waals surface area contributed by atoms with Gasteiger partial charge in [-0.15, -0.1) is 0 Å². The number of carbonyl (C=O) groups excluding carboxylic acids is 1. The number of nitrogens with one attached hydrogen (secondary N) is 1. The second kappa shape index (κ2) is 18.1. The van der Waals surface area contributed by atoms with E-state index in [1.54, 1.807) is 12.1 Å². The molecule has 2 fully saturated rings. The molecule has 53 heavy (non-hydrogen) atoms. The standard InChI is InChI=1S/C41H46N4O8/c46-28-29-8-10-32(11-9-29)38-25-37(27-43-20-22-44(23-21-43)35-16-18-36(19-17-35)45(50)51)52-41(53-38)33-14-12-31(13-15-33)34-5-3-4-30(24-34)26-42-39(47)6-1-2-7-40(48)49/h3-5,8-19,24,37-38,41,46H,1-2,6-7,20-23,25-28H2,(H,42,47)(H,48,49)/t37-,38+,41+/m0/s1. The molecule has 2 aliphatic rings. The number of ether oxygens (including phenoxy) is 2. The Morgan fingerprint density at radius 3 is 2.19 bits per heavy atom. The summed E-state index contributed by atoms with van der Waals surface area (Å²) in [5.74, 6) is -0.943. The third-order valence-corrected chi connectivity index (χ3v) is 9.85. The predicted octanol–water partition coefficient (Wildman–Crippen LogP) is 6.38. The molecule has 0 spiro atoms. The van der Waals surface area contributed by atoms with Crippen molar-refractivity contribution in [2.75, 3.05) is 37.6 Å². The molecule has 6 rings (SSSR count). The third kappa shape index (κ3) is 10.5. The van der Waals surface area contributed by atoms with Crippen molar-refractivity contribution < 1.29 is 34.2 Å². The van der Waals surface area contributed by atoms with Gasteiger partial charge in [0.05, 0.1) is 23.7 Å². The van der Waals surface area contributed by atoms with Gasteiger partial charge < -0.3 is 29.9 Å². The highest BCUT2D eigenvalue weighted by Gasteiger charge is 2.34. The van der Waals surface area contributed by atoms with E-state index < -0.39 is 12.3 Å². The lowest BCUT2D eigenvalue weighted by Crippen LogP contribution is -2.49. The highest BCUT2D eigenvalue weighted by molar-refractivity contribution is 5.76. The Labute approximate surface area is 309 Å². The number of unbranched alkanes of at least 4 members (excludes halogenated alkanes) is 1. The average molecular weight is 723 g/mol. The van der Waals surface area contributed by atoms with Crippen LogP contribution in [0.2, 0.25) is 0 Å². The van der Waals surface area contributed by atoms with Gasteiger partial charge in [0.25, 0.3) is 5.69 Å². The molecule has 278 valence electrons. The largest absolute Gasteiger partial charge is 0.481 e. The van der Waals surface area contributed by atoms with Gasteiger partial charge in [-0.1, -0.05) is 66.7 Å². The third-order valence-electron chi connectivity index (χ3n) is 9.85. The molecular weight excluding hydrogens is 676 g/mol. The number of rotatable bonds is 15. The fourth-order valence-corrected chi connectivity index (χ4v) is 6.84. The Morgan fingerprint density at radius 2 is 1.51 bits per heavy atom. The molecule has 4 aromatic rings. The predicted molar refractivity (Wildman–Crippen MR) is 200 cm³/mol. The van der Waals surface area contributed by atoms with Crippen LogP contribution in [-0.2, 0) is 32.2 Å². The summed E-state index contributed by atoms with van der Waals surface area (Å²) < 4.78 is 13.2. The number of non-ortho nitro benzene ring substituents is 1. The SMILES string of the molecule is O=C(O)CCCCC(=O)NCc1cccc(-c2ccc([C@@H]3O[C@H](CN4CCN(c5ccc([N+](=O)[O-])cc5)CC4)C[C@H](c4ccc(CO)cc4)O3)cc2)c1. The summed E-state index contributed by atoms with van der Waals surface area (Å²) >= 11 is 0. The molecule has 0 radical (unpaired) electrons. The lowest BCUT2D eigenvalue weighted by molar-refractivity contribution is -0.384. The number of aliphatic carboxylic acids is 1. The first-order valence-electron chi connectivity index (χ1n) is 18.1. The fraction of sp³-hybridized carbons (Fsp3) is 0.366. The van der Waals surface area contributed by atoms with Crippen LogP contribution in [0.15, 0.2) is 97.1 Å². The Balaban J connectivity index is 1.09. The molecule has 3 N–H and O–H groups in total. The number of nitro groups is 1. The first-order valence-corrected chi connectivity index (χ1v) is 18.1. The van der Waals surface area contributed by atoms with E-state index in [2.05, 4.69) is 21.2 Å². The lowest BCUT2D eigenvalue weighted by Gasteiger charge is -2.41. The van der Waals surface area contributed by atoms with Crippen LogP contribution in [0, 0.1) is 10.1 Å². The number of nitrogens with zero attached hydrogens (tertiary/aromatic N) is 3. The molecular formula is C41H46N4O8. The topological polar surface area (TPSA) is 155 Å². The summed E-state index contributed by atoms with van der Waals surface area (Å²) in [7, 11) is 0. The van der Waals surface area contributed by atoms with Crippen molar-refractivity contribution in [1.82, 2.24) is 10.2 Å². The lowest BCUT2D eigenvalue weighted by atomic mass is 9.98. The first-order chi connectivity index (χ1) is 25.7. The maximum atomic E-state index is 12.3. The molecule has 2 aliphatic heterocycles. The summed E-state index contributed by atoms with van der Waals surface area (Å²) in [5.41, 5.74) is 6.85. The van der Waals surface area contributed by atoms with Gasteiger partial charge in [0.1, 0.15) is 0 Å². The number of aliphatic hydroxyl groups is 1. The molecule has 0 unspecified atom stereocenters. The number of carboxylic acid groups (broad SMARTS) is 1. The minimum Gasteiger partial charge on any atom is -0.481 e. The number of benzene rings is 4. The van der Waals surface area contributed by atoms with Gasteiger partial charge in [-0.25, -0.2) is 0 Å². The van der Waals surface area contributed by atoms with Crippen molar-refractivity contribution in [3.8, 4) is 11.1 Å². The second-order valence-corrected chi connectivity index (χ2v) is 13.6. The zero-order chi connectivity index (χ0) is 37.2. The maximum Gasteiger partial charge on any atom is 0.303 e. The number of amides is 1. The molecule has 0 bridgehead atoms. The molecule has 12 nitrogen and oxygen atoms in total. The molecule has 3 atom stereocenters. The minimum atomic E-state index is -0.849. The van der Waals surface area contributed by atoms with Crippen molar-refractivity contribution in [1.29, 1.82) is 0 Å². The van der Waals surface area contributed by atoms with Crippen LogP contribution in [-0.4, -0.2) is 70.7 Å². The number of carboxylic acids is 1. The van der Waals surface area contributed by atoms with Crippen LogP contribution in [0.3, 0.4) is 0 Å². The maximum absolute atomic E-state index is 12.3. The van der Waals surface area contributed by atoms with Crippen LogP contribution < -0.4 is 10.2 Å². The molecule has 1 amide bonds. The van der Waals surface area contributed by atoms with Gasteiger partial charge in [0.15, 0.2) is 6.29 Å². The molecule has 12 heteroatoms. The van der Waals surface area contributed by atoms with E-state index in [1.165, 1.54) is 0 Å². The average Bonchev–Trinajstić information content (AvgIpc) is 3.19. The number of nitro benzene ring substituents is 1. The first kappa shape index (κ1) is 37.6. The van der Waals surface area contributed by atoms with E-state index >= 15 is 0 Å². The van der Waals surface area contributed by atoms with Gasteiger partial charge >= 0.3 is 5.97 Å². The molecule has 2 heterocycles. The summed E-state index contributed by atoms with van der Waals surface area (Å²) in [6.07, 6.45) is 1.21. The Kier molecular flexibility index (Phi) is 12.8. The summed E-state index contributed by atoms with van der Waals surface area (Å²) in [5, 5.41) is 32.4. The van der Waals surface area contributed by atoms with Crippen LogP contribution in [0.25, 0.3) is 11.1 Å². The van der Waals surface area contributed by atoms with Crippen molar-refractivity contribution >= 4 is 23.3 Å². The van der Waals surface area contributed by atoms with E-state index in [0.717, 1.165) is 71.8 Å². The number of carbonyl (C=O) groups is 2. The minimum absolute atomic E-state index is 0.0217. The smallest absolute Gasteiger partial charge is 0.303 e. The Morgan fingerprint density at radius 1 is 0.811 bits per heavy atom. The molecule has 2 saturated heterocycles. The molecule has 4 aromatic carbocycles. The summed E-state index contributed by atoms with van der Waals surface area (Å²) in [6.45, 7) is 4.39. The Bertz CT molecular complexity index is 1830. The number of hydrogen-bond acceptors (Lipinski definition) is 9. The van der Waals surface area contributed by atoms with Gasteiger partial charge in [0, 0.05) is 81.9 Å². The Hall–Kier alpha value is -5.14. The van der Waals surface area contributed by atoms with E-state index in [4.69, 9.17) is 14.6 Å². The number of anilines is 1. The quantitative estimate of drug-likeness (QED) is 0.0715. The van der Waals surface area contributed by atoms with Crippen LogP contribution in [0.1, 0.15) is 66.8 Å². The second-order valence-electron chi connectivity index (χ2n) is 13.6. The van der Waals surface area contributed by atoms with Gasteiger partial charge in [0.2, 0.25) is 5.91 Å². The number of piperazine rings is 1. The number of hydrogen-bond donors (Lipinski definition) is 3. The van der Waals surface area contributed by atoms with Crippen LogP contribution in [0.4, 0.5) is 11.4 Å². The van der Waals surface area contributed by atoms with Crippen molar-refractivity contribution in [3.63, 3.8) is 0 Å². The monoisotopic (exact) mass is 722 g/mol. The van der Waals surface area contributed by atoms with E-state index in [1.807, 2.05) is 78.9 Å². The highest BCUT2D eigenvalue weighted by atomic mass is 16.7. The molecule has 0 aliphatic carbocycles. The van der Waals surface area contributed by atoms with Gasteiger partial charge in [-0.05, 0) is 58.9 Å². The number of aliphatic hydroxyl groups excluding tert-OH is 1. The van der Waals surface area contributed by atoms with E-state index in [0.29, 0.717) is 32.2 Å². The van der Waals surface area contributed by atoms with Crippen LogP contribution >= 0.6 is 0 Å². The van der Waals surface area contributed by atoms with E-state index in [9.17, 15) is 24.8 Å². The zero-order valence-electron chi connectivity index (χ0n) is 29.6. The van der Waals surface area contributed by atoms with Crippen molar-refractivity contribution in [3.05, 3.63) is 129 Å². The van der Waals surface area contributed by atoms with Crippen molar-refractivity contribution in [2.45, 2.75) is 63.8 Å². The highest BCUT2D eigenvalue weighted by Crippen LogP contribution is 2.39. The molecule has 0 aromatic heterocycles. The van der Waals surface area contributed by atoms with E-state index in [-0.39, 0.29) is 41.8 Å². The summed E-state index contributed by atoms with van der Waals surface area (Å²) in [6, 6.07) is 30.8. The fourth-order valence-electron chi connectivity index (χ4n) is 6.84. The van der Waals surface area contributed by atoms with Gasteiger partial charge in [-0.2, -0.15) is 0 Å². The van der Waals surface area contributed by atoms with Gasteiger partial charge in [-0.3, -0.25) is 24.6 Å². The molecule has 0 saturated carbocycles. The van der Waals surface area contributed by atoms with Crippen molar-refractivity contribution in [2.24, 2.45) is 0 Å². The normalized spacial score (nSPS) is 19.1.